The zero-order valence-electron chi connectivity index (χ0n) is 16.8. The molecule has 1 atom stereocenters. The van der Waals surface area contributed by atoms with Gasteiger partial charge in [-0.2, -0.15) is 0 Å². The van der Waals surface area contributed by atoms with Crippen molar-refractivity contribution in [3.63, 3.8) is 0 Å². The normalized spacial score (nSPS) is 11.6. The van der Waals surface area contributed by atoms with E-state index >= 15 is 0 Å². The number of carbonyl (C=O) groups excluding carboxylic acids is 2. The van der Waals surface area contributed by atoms with Gasteiger partial charge in [0.25, 0.3) is 5.91 Å². The summed E-state index contributed by atoms with van der Waals surface area (Å²) in [6.07, 6.45) is 0. The minimum atomic E-state index is -0.739. The van der Waals surface area contributed by atoms with Crippen LogP contribution in [0.15, 0.2) is 72.1 Å². The summed E-state index contributed by atoms with van der Waals surface area (Å²) in [7, 11) is 5.74. The van der Waals surface area contributed by atoms with Crippen molar-refractivity contribution in [3.8, 4) is 0 Å². The Bertz CT molecular complexity index is 938. The Balaban J connectivity index is 1.77. The van der Waals surface area contributed by atoms with Gasteiger partial charge < -0.3 is 15.1 Å². The van der Waals surface area contributed by atoms with Crippen LogP contribution in [0.2, 0.25) is 0 Å². The summed E-state index contributed by atoms with van der Waals surface area (Å²) in [4.78, 5) is 30.1. The van der Waals surface area contributed by atoms with Crippen molar-refractivity contribution >= 4 is 28.8 Å². The molecule has 3 rings (SSSR count). The Morgan fingerprint density at radius 2 is 1.62 bits per heavy atom. The predicted molar refractivity (Wildman–Crippen MR) is 118 cm³/mol. The molecule has 0 saturated carbocycles. The van der Waals surface area contributed by atoms with E-state index in [4.69, 9.17) is 0 Å². The van der Waals surface area contributed by atoms with E-state index in [2.05, 4.69) is 5.32 Å². The fraction of sp³-hybridized carbons (Fsp3) is 0.217. The lowest BCUT2D eigenvalue weighted by Gasteiger charge is -2.25. The van der Waals surface area contributed by atoms with Gasteiger partial charge in [0.15, 0.2) is 0 Å². The van der Waals surface area contributed by atoms with Crippen LogP contribution < -0.4 is 10.2 Å². The number of nitrogens with zero attached hydrogens (tertiary/aromatic N) is 2. The Kier molecular flexibility index (Phi) is 6.67. The van der Waals surface area contributed by atoms with Gasteiger partial charge in [0, 0.05) is 33.4 Å². The summed E-state index contributed by atoms with van der Waals surface area (Å²) < 4.78 is 0. The molecule has 0 aliphatic carbocycles. The average Bonchev–Trinajstić information content (AvgIpc) is 3.27. The van der Waals surface area contributed by atoms with Crippen LogP contribution in [-0.4, -0.2) is 37.9 Å². The van der Waals surface area contributed by atoms with Crippen molar-refractivity contribution in [2.24, 2.45) is 0 Å². The van der Waals surface area contributed by atoms with Crippen LogP contribution in [0.5, 0.6) is 0 Å². The summed E-state index contributed by atoms with van der Waals surface area (Å²) in [5.41, 5.74) is 2.90. The van der Waals surface area contributed by atoms with Gasteiger partial charge in [-0.15, -0.1) is 11.3 Å². The van der Waals surface area contributed by atoms with Crippen LogP contribution >= 0.6 is 11.3 Å². The van der Waals surface area contributed by atoms with E-state index in [0.717, 1.165) is 16.8 Å². The number of amides is 2. The van der Waals surface area contributed by atoms with E-state index in [1.165, 1.54) is 11.3 Å². The van der Waals surface area contributed by atoms with Crippen molar-refractivity contribution in [2.75, 3.05) is 26.0 Å². The van der Waals surface area contributed by atoms with Crippen LogP contribution in [0.25, 0.3) is 0 Å². The molecule has 5 nitrogen and oxygen atoms in total. The second-order valence-electron chi connectivity index (χ2n) is 7.05. The number of carbonyl (C=O) groups is 2. The fourth-order valence-electron chi connectivity index (χ4n) is 3.01. The number of thiophene rings is 1. The van der Waals surface area contributed by atoms with Crippen molar-refractivity contribution in [2.45, 2.75) is 12.6 Å². The summed E-state index contributed by atoms with van der Waals surface area (Å²) in [5, 5.41) is 4.74. The topological polar surface area (TPSA) is 52.6 Å². The van der Waals surface area contributed by atoms with Crippen LogP contribution in [-0.2, 0) is 11.3 Å². The number of benzene rings is 2. The molecular weight excluding hydrogens is 382 g/mol. The Hall–Kier alpha value is -3.12. The van der Waals surface area contributed by atoms with Crippen molar-refractivity contribution in [1.82, 2.24) is 10.2 Å². The largest absolute Gasteiger partial charge is 0.378 e. The molecule has 0 saturated heterocycles. The number of hydrogen-bond donors (Lipinski definition) is 1. The summed E-state index contributed by atoms with van der Waals surface area (Å²) in [6.45, 7) is 0.463. The minimum absolute atomic E-state index is 0.155. The number of rotatable bonds is 7. The molecule has 0 fully saturated rings. The maximum absolute atomic E-state index is 13.2. The molecule has 29 heavy (non-hydrogen) atoms. The molecule has 0 aliphatic heterocycles. The zero-order valence-corrected chi connectivity index (χ0v) is 17.6. The van der Waals surface area contributed by atoms with E-state index in [1.807, 2.05) is 85.0 Å². The lowest BCUT2D eigenvalue weighted by molar-refractivity contribution is -0.132. The first kappa shape index (κ1) is 20.6. The summed E-state index contributed by atoms with van der Waals surface area (Å²) >= 11 is 1.35. The first-order valence-electron chi connectivity index (χ1n) is 9.36. The second kappa shape index (κ2) is 9.39. The lowest BCUT2D eigenvalue weighted by Crippen LogP contribution is -2.40. The molecule has 3 aromatic rings. The average molecular weight is 408 g/mol. The number of likely N-dealkylation sites (N-methyl/N-ethyl adjacent to an activating group) is 1. The highest BCUT2D eigenvalue weighted by molar-refractivity contribution is 7.12. The smallest absolute Gasteiger partial charge is 0.262 e. The molecule has 1 N–H and O–H groups in total. The standard InChI is InChI=1S/C23H25N3O2S/c1-25(2)19-13-11-17(12-14-19)16-26(3)23(28)21(18-8-5-4-6-9-18)24-22(27)20-10-7-15-29-20/h4-15,21H,16H2,1-3H3,(H,24,27)/t21-/m0/s1. The quantitative estimate of drug-likeness (QED) is 0.645. The van der Waals surface area contributed by atoms with Gasteiger partial charge in [0.1, 0.15) is 6.04 Å². The molecule has 0 aliphatic rings. The molecule has 0 bridgehead atoms. The van der Waals surface area contributed by atoms with Crippen molar-refractivity contribution in [1.29, 1.82) is 0 Å². The van der Waals surface area contributed by atoms with E-state index in [-0.39, 0.29) is 11.8 Å². The SMILES string of the molecule is CN(Cc1ccc(N(C)C)cc1)C(=O)[C@@H](NC(=O)c1cccs1)c1ccccc1. The van der Waals surface area contributed by atoms with Gasteiger partial charge in [-0.3, -0.25) is 9.59 Å². The van der Waals surface area contributed by atoms with E-state index in [0.29, 0.717) is 11.4 Å². The van der Waals surface area contributed by atoms with Gasteiger partial charge in [-0.05, 0) is 34.7 Å². The van der Waals surface area contributed by atoms with Crippen molar-refractivity contribution < 1.29 is 9.59 Å². The zero-order chi connectivity index (χ0) is 20.8. The van der Waals surface area contributed by atoms with Gasteiger partial charge in [-0.25, -0.2) is 0 Å². The minimum Gasteiger partial charge on any atom is -0.378 e. The predicted octanol–water partition coefficient (Wildman–Crippen LogP) is 3.94. The second-order valence-corrected chi connectivity index (χ2v) is 8.00. The highest BCUT2D eigenvalue weighted by Gasteiger charge is 2.26. The Labute approximate surface area is 175 Å². The number of anilines is 1. The first-order valence-corrected chi connectivity index (χ1v) is 10.2. The molecule has 0 radical (unpaired) electrons. The molecule has 1 aromatic heterocycles. The molecule has 150 valence electrons. The van der Waals surface area contributed by atoms with Gasteiger partial charge in [0.05, 0.1) is 4.88 Å². The Morgan fingerprint density at radius 1 is 0.931 bits per heavy atom. The van der Waals surface area contributed by atoms with Crippen LogP contribution in [0.3, 0.4) is 0 Å². The maximum atomic E-state index is 13.2. The summed E-state index contributed by atoms with van der Waals surface area (Å²) in [6, 6.07) is 20.3. The maximum Gasteiger partial charge on any atom is 0.262 e. The van der Waals surface area contributed by atoms with Crippen molar-refractivity contribution in [3.05, 3.63) is 88.1 Å². The van der Waals surface area contributed by atoms with E-state index < -0.39 is 6.04 Å². The van der Waals surface area contributed by atoms with Gasteiger partial charge in [0.2, 0.25) is 5.91 Å². The first-order chi connectivity index (χ1) is 14.0. The molecular formula is C23H25N3O2S. The monoisotopic (exact) mass is 407 g/mol. The van der Waals surface area contributed by atoms with Crippen LogP contribution in [0, 0.1) is 0 Å². The third kappa shape index (κ3) is 5.23. The van der Waals surface area contributed by atoms with Gasteiger partial charge in [-0.1, -0.05) is 48.5 Å². The molecule has 1 heterocycles. The highest BCUT2D eigenvalue weighted by Crippen LogP contribution is 2.20. The third-order valence-corrected chi connectivity index (χ3v) is 5.52. The number of hydrogen-bond acceptors (Lipinski definition) is 4. The van der Waals surface area contributed by atoms with Crippen LogP contribution in [0.4, 0.5) is 5.69 Å². The van der Waals surface area contributed by atoms with E-state index in [1.54, 1.807) is 18.0 Å². The van der Waals surface area contributed by atoms with E-state index in [9.17, 15) is 9.59 Å². The molecule has 6 heteroatoms. The number of nitrogens with one attached hydrogen (secondary N) is 1. The lowest BCUT2D eigenvalue weighted by atomic mass is 10.0. The molecule has 0 unspecified atom stereocenters. The summed E-state index contributed by atoms with van der Waals surface area (Å²) in [5.74, 6) is -0.399. The molecule has 2 amide bonds. The van der Waals surface area contributed by atoms with Crippen LogP contribution in [0.1, 0.15) is 26.8 Å². The fourth-order valence-corrected chi connectivity index (χ4v) is 3.64. The van der Waals surface area contributed by atoms with Gasteiger partial charge >= 0.3 is 0 Å². The molecule has 2 aromatic carbocycles. The third-order valence-electron chi connectivity index (χ3n) is 4.65. The molecule has 0 spiro atoms. The highest BCUT2D eigenvalue weighted by atomic mass is 32.1. The Morgan fingerprint density at radius 3 is 2.21 bits per heavy atom.